The van der Waals surface area contributed by atoms with Gasteiger partial charge in [-0.1, -0.05) is 54.0 Å². The molecule has 0 saturated heterocycles. The van der Waals surface area contributed by atoms with Crippen molar-refractivity contribution in [3.8, 4) is 0 Å². The zero-order valence-corrected chi connectivity index (χ0v) is 18.9. The Kier molecular flexibility index (Phi) is 8.22. The first-order valence-corrected chi connectivity index (χ1v) is 11.6. The van der Waals surface area contributed by atoms with E-state index in [1.807, 2.05) is 45.0 Å². The van der Waals surface area contributed by atoms with E-state index in [0.29, 0.717) is 25.9 Å². The molecule has 0 saturated carbocycles. The molecule has 0 aliphatic heterocycles. The van der Waals surface area contributed by atoms with E-state index in [9.17, 15) is 13.2 Å². The number of aryl methyl sites for hydroxylation is 1. The van der Waals surface area contributed by atoms with E-state index in [0.717, 1.165) is 15.6 Å². The molecule has 1 amide bonds. The molecular formula is C21H27BrN2O3S. The van der Waals surface area contributed by atoms with Gasteiger partial charge in [0.25, 0.3) is 0 Å². The van der Waals surface area contributed by atoms with Crippen LogP contribution < -0.4 is 5.32 Å². The third-order valence-corrected chi connectivity index (χ3v) is 7.19. The number of halogens is 1. The first-order chi connectivity index (χ1) is 13.3. The number of sulfonamides is 1. The molecule has 5 nitrogen and oxygen atoms in total. The highest BCUT2D eigenvalue weighted by Crippen LogP contribution is 2.19. The highest BCUT2D eigenvalue weighted by atomic mass is 79.9. The molecule has 0 radical (unpaired) electrons. The number of carbonyl (C=O) groups is 1. The minimum atomic E-state index is -3.45. The highest BCUT2D eigenvalue weighted by Gasteiger charge is 2.21. The van der Waals surface area contributed by atoms with Crippen LogP contribution in [0.2, 0.25) is 0 Å². The number of nitrogens with zero attached hydrogens (tertiary/aromatic N) is 1. The van der Waals surface area contributed by atoms with Crippen molar-refractivity contribution in [2.75, 3.05) is 13.1 Å². The van der Waals surface area contributed by atoms with Crippen LogP contribution in [0.5, 0.6) is 0 Å². The number of hydrogen-bond donors (Lipinski definition) is 1. The Labute approximate surface area is 176 Å². The van der Waals surface area contributed by atoms with Gasteiger partial charge < -0.3 is 5.32 Å². The number of nitrogens with one attached hydrogen (secondary N) is 1. The molecule has 0 aliphatic rings. The van der Waals surface area contributed by atoms with E-state index in [1.165, 1.54) is 4.31 Å². The summed E-state index contributed by atoms with van der Waals surface area (Å²) in [6, 6.07) is 14.6. The summed E-state index contributed by atoms with van der Waals surface area (Å²) in [6.07, 6.45) is 0.906. The molecule has 1 atom stereocenters. The molecule has 0 fully saturated rings. The lowest BCUT2D eigenvalue weighted by Gasteiger charge is -2.18. The summed E-state index contributed by atoms with van der Waals surface area (Å²) in [7, 11) is -3.45. The van der Waals surface area contributed by atoms with Gasteiger partial charge in [-0.05, 0) is 48.7 Å². The third-order valence-electron chi connectivity index (χ3n) is 4.63. The van der Waals surface area contributed by atoms with Crippen molar-refractivity contribution in [2.24, 2.45) is 0 Å². The van der Waals surface area contributed by atoms with E-state index in [4.69, 9.17) is 0 Å². The van der Waals surface area contributed by atoms with Gasteiger partial charge in [0.15, 0.2) is 0 Å². The van der Waals surface area contributed by atoms with Gasteiger partial charge in [0.1, 0.15) is 0 Å². The van der Waals surface area contributed by atoms with E-state index < -0.39 is 10.0 Å². The van der Waals surface area contributed by atoms with Gasteiger partial charge in [-0.2, -0.15) is 4.31 Å². The third kappa shape index (κ3) is 5.90. The van der Waals surface area contributed by atoms with E-state index >= 15 is 0 Å². The van der Waals surface area contributed by atoms with Gasteiger partial charge in [0, 0.05) is 24.0 Å². The zero-order valence-electron chi connectivity index (χ0n) is 16.5. The Hall–Kier alpha value is -1.70. The summed E-state index contributed by atoms with van der Waals surface area (Å²) in [6.45, 7) is 6.48. The van der Waals surface area contributed by atoms with Crippen LogP contribution in [-0.2, 0) is 21.2 Å². The summed E-state index contributed by atoms with van der Waals surface area (Å²) < 4.78 is 27.4. The van der Waals surface area contributed by atoms with E-state index in [1.54, 1.807) is 24.3 Å². The maximum Gasteiger partial charge on any atom is 0.243 e. The fourth-order valence-electron chi connectivity index (χ4n) is 2.97. The number of benzene rings is 2. The Morgan fingerprint density at radius 2 is 1.75 bits per heavy atom. The smallest absolute Gasteiger partial charge is 0.243 e. The van der Waals surface area contributed by atoms with Crippen LogP contribution in [0, 0.1) is 0 Å². The molecule has 2 aromatic carbocycles. The Balaban J connectivity index is 1.93. The van der Waals surface area contributed by atoms with Crippen molar-refractivity contribution in [3.63, 3.8) is 0 Å². The summed E-state index contributed by atoms with van der Waals surface area (Å²) in [4.78, 5) is 12.5. The lowest BCUT2D eigenvalue weighted by molar-refractivity contribution is -0.121. The van der Waals surface area contributed by atoms with Gasteiger partial charge >= 0.3 is 0 Å². The predicted octanol–water partition coefficient (Wildman–Crippen LogP) is 4.29. The van der Waals surface area contributed by atoms with E-state index in [2.05, 4.69) is 21.2 Å². The van der Waals surface area contributed by atoms with Crippen LogP contribution >= 0.6 is 15.9 Å². The van der Waals surface area contributed by atoms with Crippen LogP contribution in [-0.4, -0.2) is 31.7 Å². The summed E-state index contributed by atoms with van der Waals surface area (Å²) in [5.41, 5.74) is 1.97. The maximum atomic E-state index is 12.5. The molecule has 1 N–H and O–H groups in total. The second-order valence-corrected chi connectivity index (χ2v) is 9.43. The van der Waals surface area contributed by atoms with Crippen LogP contribution in [0.15, 0.2) is 57.9 Å². The molecule has 0 aromatic heterocycles. The average Bonchev–Trinajstić information content (AvgIpc) is 2.67. The molecule has 0 heterocycles. The Morgan fingerprint density at radius 1 is 1.11 bits per heavy atom. The molecule has 152 valence electrons. The molecule has 2 rings (SSSR count). The van der Waals surface area contributed by atoms with Crippen molar-refractivity contribution in [3.05, 3.63) is 64.1 Å². The van der Waals surface area contributed by atoms with Crippen molar-refractivity contribution in [2.45, 2.75) is 44.6 Å². The number of hydrogen-bond acceptors (Lipinski definition) is 3. The quantitative estimate of drug-likeness (QED) is 0.599. The zero-order chi connectivity index (χ0) is 20.7. The molecule has 0 aliphatic carbocycles. The molecule has 7 heteroatoms. The summed E-state index contributed by atoms with van der Waals surface area (Å²) in [5, 5.41) is 3.00. The second-order valence-electron chi connectivity index (χ2n) is 6.58. The van der Waals surface area contributed by atoms with Gasteiger partial charge in [0.2, 0.25) is 15.9 Å². The van der Waals surface area contributed by atoms with Gasteiger partial charge in [0.05, 0.1) is 10.9 Å². The summed E-state index contributed by atoms with van der Waals surface area (Å²) in [5.74, 6) is -0.0349. The molecule has 0 unspecified atom stereocenters. The first kappa shape index (κ1) is 22.6. The number of rotatable bonds is 9. The van der Waals surface area contributed by atoms with Crippen LogP contribution in [0.1, 0.15) is 44.4 Å². The van der Waals surface area contributed by atoms with Crippen LogP contribution in [0.3, 0.4) is 0 Å². The molecule has 2 aromatic rings. The highest BCUT2D eigenvalue weighted by molar-refractivity contribution is 9.10. The summed E-state index contributed by atoms with van der Waals surface area (Å²) >= 11 is 3.44. The molecule has 28 heavy (non-hydrogen) atoms. The fourth-order valence-corrected chi connectivity index (χ4v) is 4.85. The van der Waals surface area contributed by atoms with Crippen molar-refractivity contribution >= 4 is 31.9 Å². The minimum absolute atomic E-state index is 0.0349. The lowest BCUT2D eigenvalue weighted by atomic mass is 10.1. The standard InChI is InChI=1S/C21H27BrN2O3S/c1-4-24(5-2)28(26,27)20-12-9-17(10-13-20)11-14-21(25)23-16(3)18-7-6-8-19(22)15-18/h6-10,12-13,15-16H,4-5,11,14H2,1-3H3,(H,23,25)/t16-/m1/s1. The molecular weight excluding hydrogens is 440 g/mol. The van der Waals surface area contributed by atoms with E-state index in [-0.39, 0.29) is 16.8 Å². The van der Waals surface area contributed by atoms with Gasteiger partial charge in [-0.3, -0.25) is 4.79 Å². The van der Waals surface area contributed by atoms with Crippen molar-refractivity contribution < 1.29 is 13.2 Å². The van der Waals surface area contributed by atoms with Gasteiger partial charge in [-0.25, -0.2) is 8.42 Å². The lowest BCUT2D eigenvalue weighted by Crippen LogP contribution is -2.30. The van der Waals surface area contributed by atoms with Crippen LogP contribution in [0.25, 0.3) is 0 Å². The maximum absolute atomic E-state index is 12.5. The van der Waals surface area contributed by atoms with Crippen molar-refractivity contribution in [1.29, 1.82) is 0 Å². The topological polar surface area (TPSA) is 66.5 Å². The predicted molar refractivity (Wildman–Crippen MR) is 116 cm³/mol. The number of carbonyl (C=O) groups excluding carboxylic acids is 1. The fraction of sp³-hybridized carbons (Fsp3) is 0.381. The minimum Gasteiger partial charge on any atom is -0.350 e. The molecule has 0 bridgehead atoms. The normalized spacial score (nSPS) is 12.8. The Bertz CT molecular complexity index is 894. The number of amides is 1. The SMILES string of the molecule is CCN(CC)S(=O)(=O)c1ccc(CCC(=O)N[C@H](C)c2cccc(Br)c2)cc1. The molecule has 0 spiro atoms. The Morgan fingerprint density at radius 3 is 2.32 bits per heavy atom. The monoisotopic (exact) mass is 466 g/mol. The average molecular weight is 467 g/mol. The van der Waals surface area contributed by atoms with Gasteiger partial charge in [-0.15, -0.1) is 0 Å². The van der Waals surface area contributed by atoms with Crippen molar-refractivity contribution in [1.82, 2.24) is 9.62 Å². The first-order valence-electron chi connectivity index (χ1n) is 9.41. The second kappa shape index (κ2) is 10.2. The largest absolute Gasteiger partial charge is 0.350 e. The van der Waals surface area contributed by atoms with Crippen LogP contribution in [0.4, 0.5) is 0 Å².